The molecule has 0 aliphatic heterocycles. The highest BCUT2D eigenvalue weighted by atomic mass is 32.2. The van der Waals surface area contributed by atoms with Crippen LogP contribution in [0.15, 0.2) is 5.16 Å². The highest BCUT2D eigenvalue weighted by molar-refractivity contribution is 8.00. The summed E-state index contributed by atoms with van der Waals surface area (Å²) in [7, 11) is 0. The molecule has 0 bridgehead atoms. The maximum Gasteiger partial charge on any atom is 0.405 e. The molecule has 0 saturated heterocycles. The van der Waals surface area contributed by atoms with Crippen molar-refractivity contribution < 1.29 is 18.0 Å². The van der Waals surface area contributed by atoms with Gasteiger partial charge in [-0.2, -0.15) is 13.2 Å². The van der Waals surface area contributed by atoms with Crippen molar-refractivity contribution in [1.29, 1.82) is 0 Å². The summed E-state index contributed by atoms with van der Waals surface area (Å²) in [6.07, 6.45) is -2.45. The molecule has 0 unspecified atom stereocenters. The van der Waals surface area contributed by atoms with Crippen LogP contribution in [0.5, 0.6) is 0 Å². The molecule has 1 saturated carbocycles. The van der Waals surface area contributed by atoms with Gasteiger partial charge in [0.25, 0.3) is 0 Å². The molecule has 1 aromatic rings. The monoisotopic (exact) mass is 295 g/mol. The van der Waals surface area contributed by atoms with Crippen LogP contribution in [0, 0.1) is 0 Å². The van der Waals surface area contributed by atoms with Crippen molar-refractivity contribution in [3.63, 3.8) is 0 Å². The van der Waals surface area contributed by atoms with Crippen LogP contribution in [0.1, 0.15) is 25.8 Å². The van der Waals surface area contributed by atoms with Crippen molar-refractivity contribution in [2.45, 2.75) is 42.4 Å². The summed E-state index contributed by atoms with van der Waals surface area (Å²) in [5.74, 6) is -0.687. The predicted octanol–water partition coefficient (Wildman–Crippen LogP) is 1.17. The fraction of sp³-hybridized carbons (Fsp3) is 0.778. The predicted molar refractivity (Wildman–Crippen MR) is 60.5 cm³/mol. The third kappa shape index (κ3) is 4.08. The lowest BCUT2D eigenvalue weighted by atomic mass is 10.4. The van der Waals surface area contributed by atoms with Gasteiger partial charge in [-0.25, -0.2) is 4.68 Å². The van der Waals surface area contributed by atoms with Gasteiger partial charge < -0.3 is 5.32 Å². The Morgan fingerprint density at radius 2 is 2.26 bits per heavy atom. The number of alkyl halides is 3. The van der Waals surface area contributed by atoms with Gasteiger partial charge in [-0.1, -0.05) is 11.8 Å². The number of nitrogens with zero attached hydrogens (tertiary/aromatic N) is 4. The standard InChI is InChI=1S/C9H12F3N5OS/c1-5(7(18)13-4-9(10,11)12)19-8-14-15-16-17(8)6-2-3-6/h5-6H,2-4H2,1H3,(H,13,18)/t5-/m1/s1. The van der Waals surface area contributed by atoms with E-state index in [4.69, 9.17) is 0 Å². The molecule has 1 atom stereocenters. The number of carbonyl (C=O) groups is 1. The molecule has 1 aliphatic rings. The first kappa shape index (κ1) is 14.1. The Morgan fingerprint density at radius 1 is 1.58 bits per heavy atom. The number of aromatic nitrogens is 4. The van der Waals surface area contributed by atoms with E-state index in [0.29, 0.717) is 5.16 Å². The van der Waals surface area contributed by atoms with Crippen LogP contribution in [-0.2, 0) is 4.79 Å². The second-order valence-electron chi connectivity index (χ2n) is 4.23. The number of amides is 1. The third-order valence-corrected chi connectivity index (χ3v) is 3.52. The summed E-state index contributed by atoms with van der Waals surface area (Å²) in [5, 5.41) is 12.7. The zero-order valence-electron chi connectivity index (χ0n) is 10.0. The summed E-state index contributed by atoms with van der Waals surface area (Å²) in [5.41, 5.74) is 0. The van der Waals surface area contributed by atoms with Gasteiger partial charge in [-0.3, -0.25) is 4.79 Å². The molecule has 0 spiro atoms. The number of thioether (sulfide) groups is 1. The van der Waals surface area contributed by atoms with Crippen molar-refractivity contribution in [3.05, 3.63) is 0 Å². The number of nitrogens with one attached hydrogen (secondary N) is 1. The second-order valence-corrected chi connectivity index (χ2v) is 5.54. The molecule has 0 radical (unpaired) electrons. The van der Waals surface area contributed by atoms with Crippen molar-refractivity contribution in [2.75, 3.05) is 6.54 Å². The number of rotatable bonds is 5. The first-order valence-corrected chi connectivity index (χ1v) is 6.54. The Hall–Kier alpha value is -1.32. The summed E-state index contributed by atoms with van der Waals surface area (Å²) in [6.45, 7) is 0.187. The van der Waals surface area contributed by atoms with Gasteiger partial charge in [-0.05, 0) is 30.2 Å². The van der Waals surface area contributed by atoms with Crippen LogP contribution < -0.4 is 5.32 Å². The highest BCUT2D eigenvalue weighted by Gasteiger charge is 2.31. The number of hydrogen-bond acceptors (Lipinski definition) is 5. The average Bonchev–Trinajstić information content (AvgIpc) is 3.06. The van der Waals surface area contributed by atoms with Gasteiger partial charge in [0.15, 0.2) is 0 Å². The van der Waals surface area contributed by atoms with E-state index in [-0.39, 0.29) is 6.04 Å². The van der Waals surface area contributed by atoms with Gasteiger partial charge in [0.2, 0.25) is 11.1 Å². The summed E-state index contributed by atoms with van der Waals surface area (Å²) < 4.78 is 37.5. The number of hydrogen-bond donors (Lipinski definition) is 1. The van der Waals surface area contributed by atoms with Crippen molar-refractivity contribution in [2.24, 2.45) is 0 Å². The van der Waals surface area contributed by atoms with Gasteiger partial charge in [0.1, 0.15) is 6.54 Å². The van der Waals surface area contributed by atoms with Gasteiger partial charge in [-0.15, -0.1) is 5.10 Å². The van der Waals surface area contributed by atoms with Gasteiger partial charge >= 0.3 is 6.18 Å². The molecule has 0 aromatic carbocycles. The van der Waals surface area contributed by atoms with Crippen molar-refractivity contribution in [3.8, 4) is 0 Å². The molecule has 106 valence electrons. The van der Waals surface area contributed by atoms with E-state index in [1.807, 2.05) is 5.32 Å². The summed E-state index contributed by atoms with van der Waals surface area (Å²) >= 11 is 1.05. The maximum absolute atomic E-state index is 12.0. The van der Waals surface area contributed by atoms with Gasteiger partial charge in [0.05, 0.1) is 11.3 Å². The lowest BCUT2D eigenvalue weighted by molar-refractivity contribution is -0.137. The normalized spacial score (nSPS) is 17.3. The Bertz CT molecular complexity index is 459. The molecular formula is C9H12F3N5OS. The molecular weight excluding hydrogens is 283 g/mol. The summed E-state index contributed by atoms with van der Waals surface area (Å²) in [6, 6.07) is 0.253. The van der Waals surface area contributed by atoms with E-state index >= 15 is 0 Å². The number of carbonyl (C=O) groups excluding carboxylic acids is 1. The minimum atomic E-state index is -4.41. The Labute approximate surface area is 111 Å². The van der Waals surface area contributed by atoms with Crippen LogP contribution in [0.25, 0.3) is 0 Å². The van der Waals surface area contributed by atoms with E-state index < -0.39 is 23.9 Å². The SMILES string of the molecule is C[C@@H](Sc1nnnn1C1CC1)C(=O)NCC(F)(F)F. The second kappa shape index (κ2) is 5.35. The van der Waals surface area contributed by atoms with Crippen LogP contribution in [0.4, 0.5) is 13.2 Å². The first-order valence-electron chi connectivity index (χ1n) is 5.66. The lowest BCUT2D eigenvalue weighted by Crippen LogP contribution is -2.38. The van der Waals surface area contributed by atoms with Crippen LogP contribution in [0.2, 0.25) is 0 Å². The smallest absolute Gasteiger partial charge is 0.346 e. The van der Waals surface area contributed by atoms with Crippen molar-refractivity contribution in [1.82, 2.24) is 25.5 Å². The molecule has 1 aliphatic carbocycles. The molecule has 1 aromatic heterocycles. The number of halogens is 3. The zero-order valence-corrected chi connectivity index (χ0v) is 10.8. The van der Waals surface area contributed by atoms with E-state index in [0.717, 1.165) is 24.6 Å². The Morgan fingerprint density at radius 3 is 2.84 bits per heavy atom. The largest absolute Gasteiger partial charge is 0.405 e. The Kier molecular flexibility index (Phi) is 3.97. The molecule has 1 N–H and O–H groups in total. The van der Waals surface area contributed by atoms with E-state index in [1.54, 1.807) is 4.68 Å². The highest BCUT2D eigenvalue weighted by Crippen LogP contribution is 2.37. The average molecular weight is 295 g/mol. The Balaban J connectivity index is 1.87. The van der Waals surface area contributed by atoms with E-state index in [2.05, 4.69) is 15.5 Å². The fourth-order valence-corrected chi connectivity index (χ4v) is 2.24. The molecule has 1 amide bonds. The molecule has 1 fully saturated rings. The van der Waals surface area contributed by atoms with E-state index in [9.17, 15) is 18.0 Å². The molecule has 2 rings (SSSR count). The molecule has 19 heavy (non-hydrogen) atoms. The molecule has 6 nitrogen and oxygen atoms in total. The van der Waals surface area contributed by atoms with Gasteiger partial charge in [0, 0.05) is 0 Å². The zero-order chi connectivity index (χ0) is 14.0. The van der Waals surface area contributed by atoms with E-state index in [1.165, 1.54) is 6.92 Å². The number of tetrazole rings is 1. The fourth-order valence-electron chi connectivity index (χ4n) is 1.35. The minimum absolute atomic E-state index is 0.253. The molecule has 10 heteroatoms. The minimum Gasteiger partial charge on any atom is -0.346 e. The van der Waals surface area contributed by atoms with Crippen molar-refractivity contribution >= 4 is 17.7 Å². The summed E-state index contributed by atoms with van der Waals surface area (Å²) in [4.78, 5) is 11.5. The van der Waals surface area contributed by atoms with Crippen LogP contribution in [-0.4, -0.2) is 44.1 Å². The first-order chi connectivity index (χ1) is 8.87. The molecule has 1 heterocycles. The van der Waals surface area contributed by atoms with Crippen LogP contribution in [0.3, 0.4) is 0 Å². The maximum atomic E-state index is 12.0. The third-order valence-electron chi connectivity index (χ3n) is 2.47. The quantitative estimate of drug-likeness (QED) is 0.825. The topological polar surface area (TPSA) is 72.7 Å². The van der Waals surface area contributed by atoms with Crippen LogP contribution >= 0.6 is 11.8 Å². The lowest BCUT2D eigenvalue weighted by Gasteiger charge is -2.12.